The molecule has 5 aliphatic heterocycles. The Morgan fingerprint density at radius 2 is 1.66 bits per heavy atom. The summed E-state index contributed by atoms with van der Waals surface area (Å²) in [4.78, 5) is 88.7. The van der Waals surface area contributed by atoms with E-state index in [0.29, 0.717) is 60.7 Å². The van der Waals surface area contributed by atoms with Crippen LogP contribution in [0.1, 0.15) is 86.6 Å². The van der Waals surface area contributed by atoms with Crippen molar-refractivity contribution in [2.24, 2.45) is 5.92 Å². The van der Waals surface area contributed by atoms with Gasteiger partial charge in [-0.25, -0.2) is 24.3 Å². The highest BCUT2D eigenvalue weighted by Crippen LogP contribution is 2.35. The van der Waals surface area contributed by atoms with E-state index in [1.807, 2.05) is 11.0 Å². The lowest BCUT2D eigenvalue weighted by atomic mass is 9.94. The number of amides is 5. The number of halogens is 2. The zero-order valence-electron chi connectivity index (χ0n) is 33.6. The Balaban J connectivity index is 0.725. The molecule has 1 atom stereocenters. The fraction of sp³-hybridized carbons (Fsp3) is 0.395. The largest absolute Gasteiger partial charge is 0.369 e. The molecule has 9 rings (SSSR count). The molecule has 2 aromatic carbocycles. The molecule has 17 nitrogen and oxygen atoms in total. The predicted molar refractivity (Wildman–Crippen MR) is 223 cm³/mol. The number of piperidine rings is 3. The number of hydrogen-bond acceptors (Lipinski definition) is 14. The first-order chi connectivity index (χ1) is 30.0. The number of nitrogens with zero attached hydrogens (tertiary/aromatic N) is 9. The summed E-state index contributed by atoms with van der Waals surface area (Å²) in [6, 6.07) is 8.87. The minimum atomic E-state index is -1.11. The smallest absolute Gasteiger partial charge is 0.271 e. The molecule has 7 heterocycles. The molecule has 3 fully saturated rings. The summed E-state index contributed by atoms with van der Waals surface area (Å²) < 4.78 is 15.4. The van der Waals surface area contributed by atoms with Gasteiger partial charge in [-0.15, -0.1) is 0 Å². The van der Waals surface area contributed by atoms with Gasteiger partial charge in [-0.3, -0.25) is 34.2 Å². The molecule has 5 aliphatic rings. The van der Waals surface area contributed by atoms with Crippen LogP contribution < -0.4 is 25.8 Å². The Kier molecular flexibility index (Phi) is 11.2. The van der Waals surface area contributed by atoms with Gasteiger partial charge in [0.2, 0.25) is 11.8 Å². The summed E-state index contributed by atoms with van der Waals surface area (Å²) in [6.45, 7) is 4.94. The predicted octanol–water partition coefficient (Wildman–Crippen LogP) is 3.75. The number of imide groups is 2. The number of carbonyl (C=O) groups excluding carboxylic acids is 5. The molecular weight excluding hydrogens is 819 g/mol. The van der Waals surface area contributed by atoms with Crippen molar-refractivity contribution in [2.45, 2.75) is 63.6 Å². The van der Waals surface area contributed by atoms with Gasteiger partial charge in [-0.05, 0) is 74.8 Å². The second kappa shape index (κ2) is 17.1. The zero-order valence-corrected chi connectivity index (χ0v) is 34.3. The van der Waals surface area contributed by atoms with Gasteiger partial charge in [0.1, 0.15) is 41.6 Å². The van der Waals surface area contributed by atoms with E-state index < -0.39 is 35.5 Å². The van der Waals surface area contributed by atoms with Crippen molar-refractivity contribution >= 4 is 64.1 Å². The van der Waals surface area contributed by atoms with Crippen LogP contribution >= 0.6 is 11.6 Å². The lowest BCUT2D eigenvalue weighted by molar-refractivity contribution is -0.136. The highest BCUT2D eigenvalue weighted by atomic mass is 35.5. The summed E-state index contributed by atoms with van der Waals surface area (Å²) in [5, 5.41) is 18.1. The number of likely N-dealkylation sites (tertiary alicyclic amines) is 1. The van der Waals surface area contributed by atoms with Crippen LogP contribution in [0, 0.1) is 23.1 Å². The maximum absolute atomic E-state index is 15.4. The molecule has 0 bridgehead atoms. The van der Waals surface area contributed by atoms with Gasteiger partial charge < -0.3 is 25.3 Å². The molecule has 5 amide bonds. The average molecular weight is 861 g/mol. The van der Waals surface area contributed by atoms with Crippen LogP contribution in [0.5, 0.6) is 0 Å². The molecule has 0 spiro atoms. The standard InChI is InChI=1S/C43H42ClFN12O5/c44-31-15-27(2-1-25(31)18-46)56-14-9-28-34(22-56)49-23-50-39(28)52-37-20-47-33(19-48-37)40(59)51-26-7-10-54(11-8-26)21-24-5-12-55(13-6-24)36-17-30-29(16-32(36)45)42(61)57(43(30)62)35-3-4-38(58)53-41(35)60/h1-2,15-17,19-20,23-24,26,35H,3-14,21-22H2,(H,51,59)(H,53,58,60)(H,48,49,50,52). The van der Waals surface area contributed by atoms with Crippen molar-refractivity contribution in [2.75, 3.05) is 54.4 Å². The number of anilines is 4. The van der Waals surface area contributed by atoms with Crippen LogP contribution in [0.2, 0.25) is 5.02 Å². The number of rotatable bonds is 9. The molecule has 3 N–H and O–H groups in total. The van der Waals surface area contributed by atoms with Crippen LogP contribution in [0.4, 0.5) is 27.4 Å². The number of hydrogen-bond donors (Lipinski definition) is 3. The molecule has 62 heavy (non-hydrogen) atoms. The molecule has 1 unspecified atom stereocenters. The van der Waals surface area contributed by atoms with Gasteiger partial charge >= 0.3 is 0 Å². The third-order valence-electron chi connectivity index (χ3n) is 12.5. The molecule has 318 valence electrons. The van der Waals surface area contributed by atoms with Crippen LogP contribution in [0.15, 0.2) is 49.1 Å². The second-order valence-electron chi connectivity index (χ2n) is 16.3. The van der Waals surface area contributed by atoms with E-state index in [1.165, 1.54) is 24.8 Å². The quantitative estimate of drug-likeness (QED) is 0.205. The monoisotopic (exact) mass is 860 g/mol. The van der Waals surface area contributed by atoms with Gasteiger partial charge in [0, 0.05) is 63.0 Å². The maximum Gasteiger partial charge on any atom is 0.271 e. The van der Waals surface area contributed by atoms with Gasteiger partial charge in [0.15, 0.2) is 0 Å². The molecular formula is C43H42ClFN12O5. The second-order valence-corrected chi connectivity index (χ2v) is 16.7. The van der Waals surface area contributed by atoms with E-state index in [4.69, 9.17) is 11.6 Å². The minimum Gasteiger partial charge on any atom is -0.369 e. The molecule has 2 aromatic heterocycles. The lowest BCUT2D eigenvalue weighted by Gasteiger charge is -2.38. The molecule has 0 aliphatic carbocycles. The summed E-state index contributed by atoms with van der Waals surface area (Å²) in [5.74, 6) is -1.98. The topological polar surface area (TPSA) is 210 Å². The fourth-order valence-corrected chi connectivity index (χ4v) is 9.28. The van der Waals surface area contributed by atoms with Gasteiger partial charge in [0.05, 0.1) is 52.0 Å². The Morgan fingerprint density at radius 3 is 2.37 bits per heavy atom. The van der Waals surface area contributed by atoms with E-state index >= 15 is 4.39 Å². The van der Waals surface area contributed by atoms with Crippen LogP contribution in [-0.2, 0) is 22.6 Å². The summed E-state index contributed by atoms with van der Waals surface area (Å²) in [5.41, 5.74) is 3.63. The van der Waals surface area contributed by atoms with Crippen LogP contribution in [-0.4, -0.2) is 111 Å². The summed E-state index contributed by atoms with van der Waals surface area (Å²) in [6.07, 6.45) is 8.39. The summed E-state index contributed by atoms with van der Waals surface area (Å²) >= 11 is 6.28. The highest BCUT2D eigenvalue weighted by Gasteiger charge is 2.45. The number of fused-ring (bicyclic) bond motifs is 2. The Hall–Kier alpha value is -6.58. The Morgan fingerprint density at radius 1 is 0.887 bits per heavy atom. The van der Waals surface area contributed by atoms with Gasteiger partial charge in [-0.1, -0.05) is 11.6 Å². The van der Waals surface area contributed by atoms with Crippen molar-refractivity contribution in [3.8, 4) is 6.07 Å². The SMILES string of the molecule is N#Cc1ccc(N2CCc3c(ncnc3Nc3cnc(C(=O)NC4CCN(CC5CCN(c6cc7c(cc6F)C(=O)N(C6CCC(=O)NC6=O)C7=O)CC5)CC4)cn3)C2)cc1Cl. The first-order valence-corrected chi connectivity index (χ1v) is 21.1. The molecule has 0 saturated carbocycles. The number of nitriles is 1. The van der Waals surface area contributed by atoms with Crippen LogP contribution in [0.25, 0.3) is 0 Å². The molecule has 0 radical (unpaired) electrons. The molecule has 4 aromatic rings. The number of nitrogens with one attached hydrogen (secondary N) is 3. The van der Waals surface area contributed by atoms with E-state index in [1.54, 1.807) is 12.1 Å². The van der Waals surface area contributed by atoms with Crippen LogP contribution in [0.3, 0.4) is 0 Å². The van der Waals surface area contributed by atoms with Crippen molar-refractivity contribution in [3.63, 3.8) is 0 Å². The lowest BCUT2D eigenvalue weighted by Crippen LogP contribution is -2.54. The van der Waals surface area contributed by atoms with E-state index in [0.717, 1.165) is 73.2 Å². The van der Waals surface area contributed by atoms with E-state index in [9.17, 15) is 29.2 Å². The van der Waals surface area contributed by atoms with E-state index in [2.05, 4.69) is 51.8 Å². The summed E-state index contributed by atoms with van der Waals surface area (Å²) in [7, 11) is 0. The Labute approximate surface area is 360 Å². The molecule has 19 heteroatoms. The van der Waals surface area contributed by atoms with Gasteiger partial charge in [-0.2, -0.15) is 5.26 Å². The third-order valence-corrected chi connectivity index (χ3v) is 12.8. The third kappa shape index (κ3) is 8.12. The fourth-order valence-electron chi connectivity index (χ4n) is 9.07. The van der Waals surface area contributed by atoms with E-state index in [-0.39, 0.29) is 47.3 Å². The van der Waals surface area contributed by atoms with Crippen molar-refractivity contribution in [1.29, 1.82) is 5.26 Å². The highest BCUT2D eigenvalue weighted by molar-refractivity contribution is 6.32. The Bertz CT molecular complexity index is 2520. The van der Waals surface area contributed by atoms with Gasteiger partial charge in [0.25, 0.3) is 17.7 Å². The molecule has 3 saturated heterocycles. The normalized spacial score (nSPS) is 19.8. The number of benzene rings is 2. The first-order valence-electron chi connectivity index (χ1n) is 20.7. The number of carbonyl (C=O) groups is 5. The van der Waals surface area contributed by atoms with Crippen molar-refractivity contribution in [1.82, 2.24) is 40.4 Å². The maximum atomic E-state index is 15.4. The first kappa shape index (κ1) is 40.8. The number of aromatic nitrogens is 4. The zero-order chi connectivity index (χ0) is 43.1. The minimum absolute atomic E-state index is 0.00379. The van der Waals surface area contributed by atoms with Crippen molar-refractivity contribution < 1.29 is 28.4 Å². The average Bonchev–Trinajstić information content (AvgIpc) is 3.51. The van der Waals surface area contributed by atoms with Crippen molar-refractivity contribution in [3.05, 3.63) is 93.5 Å².